The molecule has 4 rings (SSSR count). The highest BCUT2D eigenvalue weighted by Gasteiger charge is 2.23. The van der Waals surface area contributed by atoms with Crippen molar-refractivity contribution in [2.45, 2.75) is 52.5 Å². The molecular weight excluding hydrogens is 564 g/mol. The van der Waals surface area contributed by atoms with Gasteiger partial charge in [-0.1, -0.05) is 99.6 Å². The molecule has 0 unspecified atom stereocenters. The molecule has 0 radical (unpaired) electrons. The van der Waals surface area contributed by atoms with Crippen molar-refractivity contribution in [1.82, 2.24) is 10.2 Å². The fraction of sp³-hybridized carbons (Fsp3) is 0.289. The molecule has 4 aromatic carbocycles. The lowest BCUT2D eigenvalue weighted by Gasteiger charge is -2.24. The van der Waals surface area contributed by atoms with Gasteiger partial charge in [0.1, 0.15) is 5.75 Å². The molecule has 2 N–H and O–H groups in total. The summed E-state index contributed by atoms with van der Waals surface area (Å²) in [6.07, 6.45) is 0.316. The lowest BCUT2D eigenvalue weighted by molar-refractivity contribution is -0.137. The average Bonchev–Trinajstić information content (AvgIpc) is 3.04. The molecule has 0 aliphatic heterocycles. The molecule has 0 heterocycles. The molecule has 0 fully saturated rings. The summed E-state index contributed by atoms with van der Waals surface area (Å²) in [6.45, 7) is 9.64. The van der Waals surface area contributed by atoms with E-state index in [9.17, 15) is 19.5 Å². The number of nitrogens with zero attached hydrogens (tertiary/aromatic N) is 1. The average molecular weight is 607 g/mol. The quantitative estimate of drug-likeness (QED) is 0.169. The lowest BCUT2D eigenvalue weighted by Crippen LogP contribution is -2.35. The molecule has 2 amide bonds. The van der Waals surface area contributed by atoms with Gasteiger partial charge in [0.2, 0.25) is 0 Å². The summed E-state index contributed by atoms with van der Waals surface area (Å²) in [5.74, 6) is -0.778. The van der Waals surface area contributed by atoms with Crippen molar-refractivity contribution in [3.8, 4) is 16.9 Å². The number of hydrogen-bond donors (Lipinski definition) is 2. The maximum Gasteiger partial charge on any atom is 0.305 e. The fourth-order valence-electron chi connectivity index (χ4n) is 5.20. The molecule has 7 heteroatoms. The number of hydrogen-bond acceptors (Lipinski definition) is 4. The smallest absolute Gasteiger partial charge is 0.305 e. The van der Waals surface area contributed by atoms with Gasteiger partial charge < -0.3 is 20.1 Å². The molecule has 0 saturated carbocycles. The molecule has 234 valence electrons. The lowest BCUT2D eigenvalue weighted by atomic mass is 9.87. The van der Waals surface area contributed by atoms with Gasteiger partial charge in [0.05, 0.1) is 13.0 Å². The van der Waals surface area contributed by atoms with Crippen LogP contribution in [-0.4, -0.2) is 47.5 Å². The third-order valence-corrected chi connectivity index (χ3v) is 7.70. The van der Waals surface area contributed by atoms with E-state index in [1.165, 1.54) is 5.56 Å². The Kier molecular flexibility index (Phi) is 11.1. The SMILES string of the molecule is CCOc1ccccc1CCN(CCC(=O)O)C(=O)c1ccccc1-c1ccccc1C(=O)NCc1ccc(C(C)(C)C)cc1. The summed E-state index contributed by atoms with van der Waals surface area (Å²) in [5, 5.41) is 12.5. The largest absolute Gasteiger partial charge is 0.494 e. The number of carboxylic acid groups (broad SMARTS) is 1. The Morgan fingerprint density at radius 3 is 2.02 bits per heavy atom. The Labute approximate surface area is 265 Å². The first-order valence-corrected chi connectivity index (χ1v) is 15.4. The van der Waals surface area contributed by atoms with E-state index >= 15 is 0 Å². The number of para-hydroxylation sites is 1. The number of ether oxygens (including phenoxy) is 1. The van der Waals surface area contributed by atoms with Gasteiger partial charge in [-0.2, -0.15) is 0 Å². The summed E-state index contributed by atoms with van der Waals surface area (Å²) < 4.78 is 5.76. The monoisotopic (exact) mass is 606 g/mol. The molecule has 0 bridgehead atoms. The van der Waals surface area contributed by atoms with Crippen molar-refractivity contribution in [2.75, 3.05) is 19.7 Å². The Balaban J connectivity index is 1.58. The van der Waals surface area contributed by atoms with Gasteiger partial charge >= 0.3 is 5.97 Å². The minimum absolute atomic E-state index is 0.0443. The van der Waals surface area contributed by atoms with E-state index in [0.717, 1.165) is 16.9 Å². The first-order chi connectivity index (χ1) is 21.6. The topological polar surface area (TPSA) is 95.9 Å². The van der Waals surface area contributed by atoms with Crippen LogP contribution >= 0.6 is 0 Å². The van der Waals surface area contributed by atoms with Gasteiger partial charge in [-0.3, -0.25) is 14.4 Å². The fourth-order valence-corrected chi connectivity index (χ4v) is 5.20. The maximum absolute atomic E-state index is 14.1. The third-order valence-electron chi connectivity index (χ3n) is 7.70. The van der Waals surface area contributed by atoms with Crippen molar-refractivity contribution in [3.63, 3.8) is 0 Å². The van der Waals surface area contributed by atoms with Crippen molar-refractivity contribution in [1.29, 1.82) is 0 Å². The summed E-state index contributed by atoms with van der Waals surface area (Å²) in [6, 6.07) is 30.3. The van der Waals surface area contributed by atoms with E-state index in [1.54, 1.807) is 29.2 Å². The number of carbonyl (C=O) groups excluding carboxylic acids is 2. The van der Waals surface area contributed by atoms with Gasteiger partial charge in [-0.05, 0) is 64.8 Å². The Bertz CT molecular complexity index is 1620. The summed E-state index contributed by atoms with van der Waals surface area (Å²) in [7, 11) is 0. The van der Waals surface area contributed by atoms with Crippen LogP contribution in [0.5, 0.6) is 5.75 Å². The molecule has 0 aliphatic rings. The normalized spacial score (nSPS) is 11.1. The molecule has 0 saturated heterocycles. The number of nitrogens with one attached hydrogen (secondary N) is 1. The molecule has 45 heavy (non-hydrogen) atoms. The number of benzene rings is 4. The first-order valence-electron chi connectivity index (χ1n) is 15.4. The second kappa shape index (κ2) is 15.2. The van der Waals surface area contributed by atoms with E-state index in [4.69, 9.17) is 4.74 Å². The van der Waals surface area contributed by atoms with E-state index in [0.29, 0.717) is 48.4 Å². The second-order valence-corrected chi connectivity index (χ2v) is 11.9. The van der Waals surface area contributed by atoms with E-state index in [1.807, 2.05) is 67.6 Å². The summed E-state index contributed by atoms with van der Waals surface area (Å²) >= 11 is 0. The Morgan fingerprint density at radius 1 is 0.778 bits per heavy atom. The second-order valence-electron chi connectivity index (χ2n) is 11.9. The minimum Gasteiger partial charge on any atom is -0.494 e. The number of rotatable bonds is 13. The van der Waals surface area contributed by atoms with Crippen LogP contribution in [0.3, 0.4) is 0 Å². The predicted molar refractivity (Wildman–Crippen MR) is 178 cm³/mol. The zero-order chi connectivity index (χ0) is 32.4. The number of aliphatic carboxylic acids is 1. The van der Waals surface area contributed by atoms with Crippen LogP contribution in [0.4, 0.5) is 0 Å². The van der Waals surface area contributed by atoms with Crippen LogP contribution in [0.25, 0.3) is 11.1 Å². The molecule has 0 aromatic heterocycles. The minimum atomic E-state index is -0.981. The molecular formula is C38H42N2O5. The highest BCUT2D eigenvalue weighted by atomic mass is 16.5. The number of carbonyl (C=O) groups is 3. The molecule has 4 aromatic rings. The van der Waals surface area contributed by atoms with Crippen LogP contribution < -0.4 is 10.1 Å². The van der Waals surface area contributed by atoms with Crippen LogP contribution in [0.2, 0.25) is 0 Å². The van der Waals surface area contributed by atoms with Crippen molar-refractivity contribution in [2.24, 2.45) is 0 Å². The van der Waals surface area contributed by atoms with Gasteiger partial charge in [-0.25, -0.2) is 0 Å². The summed E-state index contributed by atoms with van der Waals surface area (Å²) in [5.41, 5.74) is 5.29. The zero-order valence-corrected chi connectivity index (χ0v) is 26.5. The zero-order valence-electron chi connectivity index (χ0n) is 26.5. The van der Waals surface area contributed by atoms with Crippen LogP contribution in [0, 0.1) is 0 Å². The standard InChI is InChI=1S/C38H42N2O5/c1-5-45-34-17-11-6-12-28(34)22-24-40(25-23-35(41)42)37(44)33-16-10-8-14-31(33)30-13-7-9-15-32(30)36(43)39-26-27-18-20-29(21-19-27)38(2,3)4/h6-21H,5,22-26H2,1-4H3,(H,39,43)(H,41,42). The first kappa shape index (κ1) is 33.0. The highest BCUT2D eigenvalue weighted by molar-refractivity contribution is 6.06. The van der Waals surface area contributed by atoms with Gasteiger partial charge in [0, 0.05) is 30.8 Å². The van der Waals surface area contributed by atoms with Gasteiger partial charge in [0.25, 0.3) is 11.8 Å². The highest BCUT2D eigenvalue weighted by Crippen LogP contribution is 2.29. The van der Waals surface area contributed by atoms with Crippen molar-refractivity contribution in [3.05, 3.63) is 125 Å². The van der Waals surface area contributed by atoms with E-state index < -0.39 is 5.97 Å². The molecule has 0 aliphatic carbocycles. The van der Waals surface area contributed by atoms with Gasteiger partial charge in [-0.15, -0.1) is 0 Å². The molecule has 0 atom stereocenters. The van der Waals surface area contributed by atoms with Crippen molar-refractivity contribution < 1.29 is 24.2 Å². The van der Waals surface area contributed by atoms with Crippen LogP contribution in [0.15, 0.2) is 97.1 Å². The van der Waals surface area contributed by atoms with E-state index in [2.05, 4.69) is 38.2 Å². The van der Waals surface area contributed by atoms with Crippen LogP contribution in [-0.2, 0) is 23.2 Å². The predicted octanol–water partition coefficient (Wildman–Crippen LogP) is 7.14. The number of carboxylic acids is 1. The molecule has 7 nitrogen and oxygen atoms in total. The van der Waals surface area contributed by atoms with Crippen LogP contribution in [0.1, 0.15) is 71.5 Å². The van der Waals surface area contributed by atoms with E-state index in [-0.39, 0.29) is 30.2 Å². The summed E-state index contributed by atoms with van der Waals surface area (Å²) in [4.78, 5) is 40.6. The Morgan fingerprint density at radius 2 is 1.38 bits per heavy atom. The molecule has 0 spiro atoms. The maximum atomic E-state index is 14.1. The van der Waals surface area contributed by atoms with Gasteiger partial charge in [0.15, 0.2) is 0 Å². The number of amides is 2. The third kappa shape index (κ3) is 8.82. The Hall–Kier alpha value is -4.91. The van der Waals surface area contributed by atoms with Crippen molar-refractivity contribution >= 4 is 17.8 Å².